The minimum absolute atomic E-state index is 0.0189. The number of carbonyl (C=O) groups excluding carboxylic acids is 1. The summed E-state index contributed by atoms with van der Waals surface area (Å²) < 4.78 is 11.4. The standard InChI is InChI=1S/C32H39N3O7/c1-41-29-22-6-3-5-19-15-25-18(14-21(37)16-20(36)10-8-17(22)9-11-26(29)38)4-2-7-23-24(12-13-35-32(33)34)31(40)42-30(27(23)25)28(19)39/h9,11,15,18,21,23-24,31,37-40H,2,4-5,7-8,10,12-14,16H2,1H3,(H4,33,34,35)/t18-,21-,23+,24-,31+/m1/s1. The lowest BCUT2D eigenvalue weighted by molar-refractivity contribution is -0.121. The summed E-state index contributed by atoms with van der Waals surface area (Å²) in [5, 5.41) is 43.9. The molecule has 42 heavy (non-hydrogen) atoms. The predicted molar refractivity (Wildman–Crippen MR) is 157 cm³/mol. The van der Waals surface area contributed by atoms with Crippen molar-refractivity contribution in [2.24, 2.45) is 22.4 Å². The molecule has 0 aromatic heterocycles. The molecule has 2 aliphatic carbocycles. The first-order valence-electron chi connectivity index (χ1n) is 14.5. The molecule has 0 radical (unpaired) electrons. The van der Waals surface area contributed by atoms with Crippen molar-refractivity contribution >= 4 is 11.7 Å². The molecule has 0 unspecified atom stereocenters. The van der Waals surface area contributed by atoms with Gasteiger partial charge in [-0.1, -0.05) is 30.4 Å². The number of nitrogens with two attached hydrogens (primary N) is 2. The number of methoxy groups -OCH3 is 1. The number of Topliss-reactive ketones (excluding diaryl/α,β-unsaturated/α-hetero) is 1. The second-order valence-electron chi connectivity index (χ2n) is 11.5. The van der Waals surface area contributed by atoms with E-state index in [1.165, 1.54) is 13.2 Å². The highest BCUT2D eigenvalue weighted by atomic mass is 16.6. The zero-order valence-corrected chi connectivity index (χ0v) is 23.8. The van der Waals surface area contributed by atoms with Gasteiger partial charge < -0.3 is 41.4 Å². The van der Waals surface area contributed by atoms with Crippen LogP contribution < -0.4 is 20.9 Å². The fraction of sp³-hybridized carbons (Fsp3) is 0.500. The smallest absolute Gasteiger partial charge is 0.201 e. The highest BCUT2D eigenvalue weighted by Gasteiger charge is 2.43. The van der Waals surface area contributed by atoms with Crippen molar-refractivity contribution < 1.29 is 34.7 Å². The lowest BCUT2D eigenvalue weighted by Crippen LogP contribution is -2.37. The number of ketones is 1. The Morgan fingerprint density at radius 3 is 2.74 bits per heavy atom. The summed E-state index contributed by atoms with van der Waals surface area (Å²) in [4.78, 5) is 17.0. The van der Waals surface area contributed by atoms with Crippen molar-refractivity contribution in [2.75, 3.05) is 13.7 Å². The molecule has 0 amide bonds. The Balaban J connectivity index is 1.62. The quantitative estimate of drug-likeness (QED) is 0.181. The van der Waals surface area contributed by atoms with Crippen LogP contribution in [0.2, 0.25) is 0 Å². The molecule has 8 N–H and O–H groups in total. The number of aromatic hydroxyl groups is 2. The lowest BCUT2D eigenvalue weighted by Gasteiger charge is -2.38. The third-order valence-corrected chi connectivity index (χ3v) is 8.77. The van der Waals surface area contributed by atoms with Crippen LogP contribution in [0.3, 0.4) is 0 Å². The minimum Gasteiger partial charge on any atom is -0.504 e. The SMILES string of the molecule is COc1c(O)ccc2c1C#CCc1cc3c4c(c1O)O[C@H](O)[C@H](CCN=C(N)N)[C@@H]4CCC[C@@H]3C[C@@H](O)CC(=O)CC2. The highest BCUT2D eigenvalue weighted by Crippen LogP contribution is 2.54. The van der Waals surface area contributed by atoms with E-state index in [-0.39, 0.29) is 71.8 Å². The van der Waals surface area contributed by atoms with Crippen molar-refractivity contribution in [1.82, 2.24) is 0 Å². The van der Waals surface area contributed by atoms with E-state index in [1.807, 2.05) is 6.07 Å². The number of hydrogen-bond donors (Lipinski definition) is 6. The van der Waals surface area contributed by atoms with Crippen LogP contribution in [0, 0.1) is 17.8 Å². The molecular formula is C32H39N3O7. The van der Waals surface area contributed by atoms with E-state index in [2.05, 4.69) is 16.8 Å². The van der Waals surface area contributed by atoms with Crippen LogP contribution in [-0.2, 0) is 17.6 Å². The first kappa shape index (κ1) is 29.5. The van der Waals surface area contributed by atoms with Gasteiger partial charge in [0, 0.05) is 42.9 Å². The molecule has 0 spiro atoms. The van der Waals surface area contributed by atoms with Gasteiger partial charge >= 0.3 is 0 Å². The minimum atomic E-state index is -1.16. The molecule has 10 nitrogen and oxygen atoms in total. The fourth-order valence-corrected chi connectivity index (χ4v) is 6.81. The number of phenolic OH excluding ortho intramolecular Hbond substituents is 2. The number of fused-ring (bicyclic) bond motifs is 2. The molecule has 5 atom stereocenters. The zero-order chi connectivity index (χ0) is 30.0. The van der Waals surface area contributed by atoms with E-state index < -0.39 is 12.4 Å². The van der Waals surface area contributed by atoms with E-state index in [1.54, 1.807) is 6.07 Å². The molecule has 2 aromatic rings. The monoisotopic (exact) mass is 577 g/mol. The number of aryl methyl sites for hydroxylation is 1. The number of aliphatic hydroxyl groups is 2. The number of rotatable bonds is 4. The van der Waals surface area contributed by atoms with Gasteiger partial charge in [0.15, 0.2) is 29.0 Å². The van der Waals surface area contributed by atoms with E-state index in [4.69, 9.17) is 20.9 Å². The lowest BCUT2D eigenvalue weighted by atomic mass is 9.75. The number of guanidine groups is 1. The van der Waals surface area contributed by atoms with Gasteiger partial charge in [0.25, 0.3) is 0 Å². The second kappa shape index (κ2) is 12.5. The van der Waals surface area contributed by atoms with Crippen LogP contribution in [0.1, 0.15) is 84.6 Å². The number of hydrogen-bond acceptors (Lipinski definition) is 8. The number of carbonyl (C=O) groups is 1. The maximum atomic E-state index is 12.9. The second-order valence-corrected chi connectivity index (χ2v) is 11.5. The van der Waals surface area contributed by atoms with Crippen molar-refractivity contribution in [2.45, 2.75) is 82.0 Å². The summed E-state index contributed by atoms with van der Waals surface area (Å²) in [6.07, 6.45) is 2.06. The molecule has 0 saturated carbocycles. The van der Waals surface area contributed by atoms with Crippen LogP contribution in [0.4, 0.5) is 0 Å². The third-order valence-electron chi connectivity index (χ3n) is 8.77. The summed E-state index contributed by atoms with van der Waals surface area (Å²) in [6, 6.07) is 5.18. The fourth-order valence-electron chi connectivity index (χ4n) is 6.81. The van der Waals surface area contributed by atoms with Crippen molar-refractivity contribution in [1.29, 1.82) is 0 Å². The third kappa shape index (κ3) is 5.98. The number of nitrogens with zero attached hydrogens (tertiary/aromatic N) is 1. The van der Waals surface area contributed by atoms with Gasteiger partial charge in [0.2, 0.25) is 6.29 Å². The molecular weight excluding hydrogens is 538 g/mol. The predicted octanol–water partition coefficient (Wildman–Crippen LogP) is 2.70. The summed E-state index contributed by atoms with van der Waals surface area (Å²) in [7, 11) is 1.45. The molecule has 2 aromatic carbocycles. The molecule has 10 heteroatoms. The summed E-state index contributed by atoms with van der Waals surface area (Å²) >= 11 is 0. The largest absolute Gasteiger partial charge is 0.504 e. The molecule has 1 aliphatic heterocycles. The van der Waals surface area contributed by atoms with Crippen LogP contribution >= 0.6 is 0 Å². The van der Waals surface area contributed by atoms with Gasteiger partial charge in [-0.15, -0.1) is 0 Å². The topological polar surface area (TPSA) is 181 Å². The van der Waals surface area contributed by atoms with Gasteiger partial charge in [-0.2, -0.15) is 0 Å². The zero-order valence-electron chi connectivity index (χ0n) is 23.8. The average molecular weight is 578 g/mol. The number of aliphatic imine (C=N–C) groups is 1. The molecule has 3 aliphatic rings. The Morgan fingerprint density at radius 2 is 1.98 bits per heavy atom. The Labute approximate surface area is 245 Å². The van der Waals surface area contributed by atoms with Crippen molar-refractivity contribution in [3.63, 3.8) is 0 Å². The van der Waals surface area contributed by atoms with Gasteiger partial charge in [-0.05, 0) is 61.1 Å². The van der Waals surface area contributed by atoms with Gasteiger partial charge in [0.1, 0.15) is 5.78 Å². The Kier molecular flexibility index (Phi) is 8.80. The molecule has 1 heterocycles. The van der Waals surface area contributed by atoms with Gasteiger partial charge in [-0.25, -0.2) is 0 Å². The number of aliphatic hydroxyl groups excluding tert-OH is 2. The van der Waals surface area contributed by atoms with E-state index in [0.29, 0.717) is 36.9 Å². The van der Waals surface area contributed by atoms with E-state index >= 15 is 0 Å². The van der Waals surface area contributed by atoms with Gasteiger partial charge in [0.05, 0.1) is 18.8 Å². The average Bonchev–Trinajstić information content (AvgIpc) is 3.11. The van der Waals surface area contributed by atoms with Gasteiger partial charge in [-0.3, -0.25) is 9.79 Å². The van der Waals surface area contributed by atoms with E-state index in [9.17, 15) is 25.2 Å². The highest BCUT2D eigenvalue weighted by molar-refractivity contribution is 5.79. The molecule has 2 bridgehead atoms. The molecule has 5 rings (SSSR count). The van der Waals surface area contributed by atoms with Crippen molar-refractivity contribution in [3.8, 4) is 34.8 Å². The maximum absolute atomic E-state index is 12.9. The van der Waals surface area contributed by atoms with Crippen LogP contribution in [-0.4, -0.2) is 58.2 Å². The Morgan fingerprint density at radius 1 is 1.17 bits per heavy atom. The summed E-state index contributed by atoms with van der Waals surface area (Å²) in [5.41, 5.74) is 14.6. The normalized spacial score (nSPS) is 25.3. The van der Waals surface area contributed by atoms with Crippen LogP contribution in [0.15, 0.2) is 23.2 Å². The number of ether oxygens (including phenoxy) is 2. The molecule has 224 valence electrons. The van der Waals surface area contributed by atoms with Crippen molar-refractivity contribution in [3.05, 3.63) is 46.0 Å². The molecule has 0 fully saturated rings. The maximum Gasteiger partial charge on any atom is 0.201 e. The Hall–Kier alpha value is -3.94. The molecule has 0 saturated heterocycles. The first-order valence-corrected chi connectivity index (χ1v) is 14.5. The summed E-state index contributed by atoms with van der Waals surface area (Å²) in [6.45, 7) is 0.332. The van der Waals surface area contributed by atoms with Crippen LogP contribution in [0.5, 0.6) is 23.0 Å². The Bertz CT molecular complexity index is 1440. The first-order chi connectivity index (χ1) is 20.2. The van der Waals surface area contributed by atoms with E-state index in [0.717, 1.165) is 36.0 Å². The number of phenols is 2. The summed E-state index contributed by atoms with van der Waals surface area (Å²) in [5.74, 6) is 6.00. The van der Waals surface area contributed by atoms with Crippen LogP contribution in [0.25, 0.3) is 0 Å². The number of benzene rings is 2.